The quantitative estimate of drug-likeness (QED) is 0.282. The van der Waals surface area contributed by atoms with E-state index in [4.69, 9.17) is 0 Å². The Morgan fingerprint density at radius 2 is 1.49 bits per heavy atom. The maximum absolute atomic E-state index is 15.3. The molecule has 7 nitrogen and oxygen atoms in total. The van der Waals surface area contributed by atoms with Crippen LogP contribution in [0.5, 0.6) is 0 Å². The molecule has 2 N–H and O–H groups in total. The fourth-order valence-electron chi connectivity index (χ4n) is 6.43. The molecule has 0 aromatic heterocycles. The highest BCUT2D eigenvalue weighted by molar-refractivity contribution is 7.92. The molecule has 2 fully saturated rings. The molecule has 0 unspecified atom stereocenters. The molecule has 2 aliphatic rings. The Hall–Kier alpha value is -3.27. The third kappa shape index (κ3) is 5.57. The number of rotatable bonds is 7. The van der Waals surface area contributed by atoms with Crippen molar-refractivity contribution in [2.45, 2.75) is 73.0 Å². The van der Waals surface area contributed by atoms with E-state index < -0.39 is 96.4 Å². The fraction of sp³-hybridized carbons (Fsp3) is 0.517. The number of sulfone groups is 1. The molecular weight excluding hydrogens is 642 g/mol. The minimum atomic E-state index is -6.41. The van der Waals surface area contributed by atoms with Crippen LogP contribution in [0.15, 0.2) is 47.4 Å². The number of carboxylic acid groups (broad SMARTS) is 1. The lowest BCUT2D eigenvalue weighted by molar-refractivity contribution is -0.377. The maximum atomic E-state index is 15.3. The van der Waals surface area contributed by atoms with Gasteiger partial charge < -0.3 is 15.1 Å². The van der Waals surface area contributed by atoms with Crippen LogP contribution in [0, 0.1) is 23.0 Å². The van der Waals surface area contributed by atoms with Crippen LogP contribution >= 0.6 is 0 Å². The van der Waals surface area contributed by atoms with E-state index in [0.717, 1.165) is 24.3 Å². The standard InChI is InChI=1S/C29H29F8NO6S/c1-2-25(11-9-17(10-12-25)23(39)40)24(41)38-14-13-26(16-38,45(43,44)20-6-4-19(30)5-7-20)18-3-8-21(22(31)15-18)27(42,28(32,33)34)29(35,36)37/h3-8,15,17,42H,2,9-14,16H2,1H3,(H,39,40)/t17-,25-,26-/m0/s1. The molecule has 0 radical (unpaired) electrons. The van der Waals surface area contributed by atoms with E-state index in [0.29, 0.717) is 6.07 Å². The molecule has 2 aromatic carbocycles. The number of alkyl halides is 6. The number of hydrogen-bond donors (Lipinski definition) is 2. The molecule has 1 saturated carbocycles. The van der Waals surface area contributed by atoms with E-state index in [-0.39, 0.29) is 50.8 Å². The van der Waals surface area contributed by atoms with Gasteiger partial charge in [-0.1, -0.05) is 19.1 Å². The van der Waals surface area contributed by atoms with Gasteiger partial charge in [-0.25, -0.2) is 17.2 Å². The van der Waals surface area contributed by atoms with Gasteiger partial charge >= 0.3 is 18.3 Å². The first-order valence-corrected chi connectivity index (χ1v) is 15.3. The average Bonchev–Trinajstić information content (AvgIpc) is 3.43. The summed E-state index contributed by atoms with van der Waals surface area (Å²) >= 11 is 0. The molecule has 1 atom stereocenters. The van der Waals surface area contributed by atoms with Gasteiger partial charge in [0.15, 0.2) is 9.84 Å². The van der Waals surface area contributed by atoms with Crippen LogP contribution in [0.1, 0.15) is 56.6 Å². The van der Waals surface area contributed by atoms with Gasteiger partial charge in [0.2, 0.25) is 5.91 Å². The molecule has 16 heteroatoms. The van der Waals surface area contributed by atoms with Crippen molar-refractivity contribution in [1.82, 2.24) is 4.90 Å². The van der Waals surface area contributed by atoms with E-state index in [1.54, 1.807) is 6.92 Å². The Morgan fingerprint density at radius 3 is 1.96 bits per heavy atom. The number of hydrogen-bond acceptors (Lipinski definition) is 5. The zero-order valence-electron chi connectivity index (χ0n) is 23.7. The SMILES string of the molecule is CC[C@]1(C(=O)N2CC[C@](c3ccc(C(O)(C(F)(F)F)C(F)(F)F)c(F)c3)(S(=O)(=O)c3ccc(F)cc3)C2)CC[C@H](C(=O)O)CC1. The van der Waals surface area contributed by atoms with Gasteiger partial charge in [-0.15, -0.1) is 0 Å². The van der Waals surface area contributed by atoms with Crippen LogP contribution in [0.2, 0.25) is 0 Å². The Kier molecular flexibility index (Phi) is 8.85. The molecular formula is C29H29F8NO6S. The van der Waals surface area contributed by atoms with Crippen molar-refractivity contribution in [3.8, 4) is 0 Å². The first-order chi connectivity index (χ1) is 20.7. The van der Waals surface area contributed by atoms with Crippen molar-refractivity contribution in [3.05, 3.63) is 65.2 Å². The first kappa shape index (κ1) is 34.6. The minimum Gasteiger partial charge on any atom is -0.481 e. The average molecular weight is 672 g/mol. The minimum absolute atomic E-state index is 0.0127. The summed E-state index contributed by atoms with van der Waals surface area (Å²) in [5.41, 5.74) is -9.47. The molecule has 1 heterocycles. The van der Waals surface area contributed by atoms with Gasteiger partial charge in [-0.05, 0) is 74.4 Å². The van der Waals surface area contributed by atoms with Crippen LogP contribution < -0.4 is 0 Å². The van der Waals surface area contributed by atoms with E-state index in [1.807, 2.05) is 0 Å². The second kappa shape index (κ2) is 11.5. The number of nitrogens with zero attached hydrogens (tertiary/aromatic N) is 1. The van der Waals surface area contributed by atoms with E-state index in [1.165, 1.54) is 4.90 Å². The lowest BCUT2D eigenvalue weighted by atomic mass is 9.68. The van der Waals surface area contributed by atoms with Crippen molar-refractivity contribution >= 4 is 21.7 Å². The van der Waals surface area contributed by atoms with Crippen molar-refractivity contribution in [1.29, 1.82) is 0 Å². The van der Waals surface area contributed by atoms with E-state index in [2.05, 4.69) is 0 Å². The lowest BCUT2D eigenvalue weighted by Gasteiger charge is -2.40. The van der Waals surface area contributed by atoms with Crippen LogP contribution in [-0.2, 0) is 29.8 Å². The number of carbonyl (C=O) groups is 2. The predicted molar refractivity (Wildman–Crippen MR) is 141 cm³/mol. The van der Waals surface area contributed by atoms with Crippen molar-refractivity contribution in [3.63, 3.8) is 0 Å². The summed E-state index contributed by atoms with van der Waals surface area (Å²) in [6.07, 6.45) is -12.3. The number of carboxylic acids is 1. The monoisotopic (exact) mass is 671 g/mol. The number of carbonyl (C=O) groups excluding carboxylic acids is 1. The van der Waals surface area contributed by atoms with Crippen molar-refractivity contribution in [2.24, 2.45) is 11.3 Å². The van der Waals surface area contributed by atoms with E-state index >= 15 is 4.39 Å². The summed E-state index contributed by atoms with van der Waals surface area (Å²) < 4.78 is 136. The second-order valence-electron chi connectivity index (χ2n) is 11.6. The zero-order valence-corrected chi connectivity index (χ0v) is 24.5. The number of aliphatic hydroxyl groups is 1. The van der Waals surface area contributed by atoms with Crippen LogP contribution in [0.25, 0.3) is 0 Å². The Morgan fingerprint density at radius 1 is 0.933 bits per heavy atom. The Bertz CT molecular complexity index is 1550. The van der Waals surface area contributed by atoms with Gasteiger partial charge in [0.1, 0.15) is 16.4 Å². The third-order valence-corrected chi connectivity index (χ3v) is 11.8. The third-order valence-electron chi connectivity index (χ3n) is 9.29. The van der Waals surface area contributed by atoms with Gasteiger partial charge in [-0.3, -0.25) is 9.59 Å². The number of benzene rings is 2. The molecule has 1 saturated heterocycles. The zero-order chi connectivity index (χ0) is 33.8. The molecule has 0 bridgehead atoms. The molecule has 45 heavy (non-hydrogen) atoms. The largest absolute Gasteiger partial charge is 0.481 e. The van der Waals surface area contributed by atoms with Gasteiger partial charge in [-0.2, -0.15) is 26.3 Å². The van der Waals surface area contributed by atoms with Gasteiger partial charge in [0.05, 0.1) is 10.8 Å². The Balaban J connectivity index is 1.83. The van der Waals surface area contributed by atoms with Crippen molar-refractivity contribution < 1.29 is 63.3 Å². The summed E-state index contributed by atoms with van der Waals surface area (Å²) in [6, 6.07) is 4.09. The number of amides is 1. The molecule has 1 amide bonds. The smallest absolute Gasteiger partial charge is 0.430 e. The molecule has 4 rings (SSSR count). The van der Waals surface area contributed by atoms with Crippen LogP contribution in [0.4, 0.5) is 35.1 Å². The van der Waals surface area contributed by atoms with Gasteiger partial charge in [0.25, 0.3) is 5.60 Å². The summed E-state index contributed by atoms with van der Waals surface area (Å²) in [4.78, 5) is 26.0. The number of halogens is 8. The summed E-state index contributed by atoms with van der Waals surface area (Å²) in [5, 5.41) is 19.1. The van der Waals surface area contributed by atoms with Crippen LogP contribution in [-0.4, -0.2) is 60.8 Å². The molecule has 1 aliphatic carbocycles. The summed E-state index contributed by atoms with van der Waals surface area (Å²) in [5.74, 6) is -5.23. The topological polar surface area (TPSA) is 112 Å². The fourth-order valence-corrected chi connectivity index (χ4v) is 8.50. The molecule has 0 spiro atoms. The Labute approximate surface area is 252 Å². The highest BCUT2D eigenvalue weighted by Crippen LogP contribution is 2.52. The summed E-state index contributed by atoms with van der Waals surface area (Å²) in [6.45, 7) is 0.757. The molecule has 248 valence electrons. The van der Waals surface area contributed by atoms with Crippen molar-refractivity contribution in [2.75, 3.05) is 13.1 Å². The first-order valence-electron chi connectivity index (χ1n) is 13.9. The van der Waals surface area contributed by atoms with Crippen LogP contribution in [0.3, 0.4) is 0 Å². The molecule has 2 aromatic rings. The maximum Gasteiger partial charge on any atom is 0.430 e. The highest BCUT2D eigenvalue weighted by Gasteiger charge is 2.72. The summed E-state index contributed by atoms with van der Waals surface area (Å²) in [7, 11) is -4.75. The molecule has 1 aliphatic heterocycles. The normalized spacial score (nSPS) is 24.9. The lowest BCUT2D eigenvalue weighted by Crippen LogP contribution is -2.54. The van der Waals surface area contributed by atoms with E-state index in [9.17, 15) is 59.0 Å². The predicted octanol–water partition coefficient (Wildman–Crippen LogP) is 5.85. The second-order valence-corrected chi connectivity index (χ2v) is 13.8. The van der Waals surface area contributed by atoms with Gasteiger partial charge in [0, 0.05) is 24.1 Å². The number of likely N-dealkylation sites (tertiary alicyclic amines) is 1. The highest BCUT2D eigenvalue weighted by atomic mass is 32.2. The number of aliphatic carboxylic acids is 1.